The Hall–Kier alpha value is -3.92. The summed E-state index contributed by atoms with van der Waals surface area (Å²) >= 11 is 5.98. The van der Waals surface area contributed by atoms with Gasteiger partial charge in [-0.25, -0.2) is 0 Å². The summed E-state index contributed by atoms with van der Waals surface area (Å²) in [5.41, 5.74) is -2.95. The first-order valence-electron chi connectivity index (χ1n) is 10.2. The fourth-order valence-electron chi connectivity index (χ4n) is 4.45. The number of carboxylic acid groups (broad SMARTS) is 1. The number of carboxylic acids is 1. The first-order valence-corrected chi connectivity index (χ1v) is 10.6. The van der Waals surface area contributed by atoms with Crippen molar-refractivity contribution in [2.75, 3.05) is 4.90 Å². The second-order valence-electron chi connectivity index (χ2n) is 8.02. The van der Waals surface area contributed by atoms with Crippen LogP contribution in [0.4, 0.5) is 24.5 Å². The zero-order chi connectivity index (χ0) is 25.5. The van der Waals surface area contributed by atoms with Crippen LogP contribution >= 0.6 is 11.6 Å². The molecular weight excluding hydrogens is 489 g/mol. The van der Waals surface area contributed by atoms with Gasteiger partial charge in [0.2, 0.25) is 5.91 Å². The molecule has 1 N–H and O–H groups in total. The largest absolute Gasteiger partial charge is 0.480 e. The average molecular weight is 505 g/mol. The van der Waals surface area contributed by atoms with Gasteiger partial charge in [-0.3, -0.25) is 19.7 Å². The van der Waals surface area contributed by atoms with Crippen LogP contribution in [0.5, 0.6) is 0 Å². The highest BCUT2D eigenvalue weighted by atomic mass is 35.5. The van der Waals surface area contributed by atoms with Gasteiger partial charge < -0.3 is 10.0 Å². The molecule has 0 unspecified atom stereocenters. The van der Waals surface area contributed by atoms with E-state index in [4.69, 9.17) is 11.6 Å². The number of nitro benzene ring substituents is 1. The number of halogens is 4. The lowest BCUT2D eigenvalue weighted by Crippen LogP contribution is -2.42. The van der Waals surface area contributed by atoms with Gasteiger partial charge in [-0.05, 0) is 41.5 Å². The molecule has 1 fully saturated rings. The maximum Gasteiger partial charge on any atom is 0.416 e. The molecule has 0 aliphatic carbocycles. The smallest absolute Gasteiger partial charge is 0.416 e. The minimum Gasteiger partial charge on any atom is -0.480 e. The molecule has 3 aromatic carbocycles. The molecule has 1 aliphatic heterocycles. The maximum absolute atomic E-state index is 13.4. The van der Waals surface area contributed by atoms with Crippen molar-refractivity contribution in [3.8, 4) is 0 Å². The predicted molar refractivity (Wildman–Crippen MR) is 120 cm³/mol. The zero-order valence-corrected chi connectivity index (χ0v) is 18.5. The highest BCUT2D eigenvalue weighted by Crippen LogP contribution is 2.52. The number of rotatable bonds is 5. The van der Waals surface area contributed by atoms with Crippen LogP contribution in [0.3, 0.4) is 0 Å². The van der Waals surface area contributed by atoms with Crippen molar-refractivity contribution in [1.82, 2.24) is 0 Å². The summed E-state index contributed by atoms with van der Waals surface area (Å²) in [5, 5.41) is 21.9. The van der Waals surface area contributed by atoms with E-state index in [9.17, 15) is 38.0 Å². The predicted octanol–water partition coefficient (Wildman–Crippen LogP) is 5.77. The molecule has 1 heterocycles. The monoisotopic (exact) mass is 504 g/mol. The summed E-state index contributed by atoms with van der Waals surface area (Å²) in [6.45, 7) is 0. The molecule has 0 bridgehead atoms. The topological polar surface area (TPSA) is 101 Å². The van der Waals surface area contributed by atoms with Crippen LogP contribution in [0.2, 0.25) is 5.02 Å². The number of benzene rings is 3. The molecule has 1 amide bonds. The maximum atomic E-state index is 13.4. The third-order valence-electron chi connectivity index (χ3n) is 6.04. The molecule has 7 nitrogen and oxygen atoms in total. The first kappa shape index (κ1) is 24.2. The molecule has 1 aliphatic rings. The Morgan fingerprint density at radius 2 is 1.71 bits per heavy atom. The molecule has 0 saturated carbocycles. The fraction of sp³-hybridized carbons (Fsp3) is 0.167. The molecule has 3 aromatic rings. The number of carbonyl (C=O) groups excluding carboxylic acids is 1. The minimum atomic E-state index is -4.68. The number of carbonyl (C=O) groups is 2. The minimum absolute atomic E-state index is 0.0957. The normalized spacial score (nSPS) is 20.2. The molecule has 11 heteroatoms. The Balaban J connectivity index is 1.96. The van der Waals surface area contributed by atoms with Gasteiger partial charge in [-0.15, -0.1) is 0 Å². The number of hydrogen-bond acceptors (Lipinski definition) is 4. The molecule has 4 rings (SSSR count). The molecule has 180 valence electrons. The fourth-order valence-corrected chi connectivity index (χ4v) is 4.57. The van der Waals surface area contributed by atoms with Crippen LogP contribution in [0.25, 0.3) is 0 Å². The first-order chi connectivity index (χ1) is 16.4. The lowest BCUT2D eigenvalue weighted by molar-refractivity contribution is -0.384. The SMILES string of the molecule is O=C1C[C@@](C(=O)O)(c2ccc([N+](=O)[O-])cc2)[C@@H](c2ccc(Cl)cc2)N1c1cccc(C(F)(F)F)c1. The van der Waals surface area contributed by atoms with Crippen LogP contribution in [0, 0.1) is 10.1 Å². The number of nitro groups is 1. The molecule has 35 heavy (non-hydrogen) atoms. The Morgan fingerprint density at radius 1 is 1.09 bits per heavy atom. The summed E-state index contributed by atoms with van der Waals surface area (Å²) in [4.78, 5) is 37.6. The van der Waals surface area contributed by atoms with Crippen LogP contribution in [-0.2, 0) is 21.2 Å². The number of aliphatic carboxylic acids is 1. The average Bonchev–Trinajstić information content (AvgIpc) is 3.13. The number of anilines is 1. The zero-order valence-electron chi connectivity index (χ0n) is 17.7. The van der Waals surface area contributed by atoms with Crippen molar-refractivity contribution in [1.29, 1.82) is 0 Å². The van der Waals surface area contributed by atoms with Crippen LogP contribution in [0.15, 0.2) is 72.8 Å². The number of alkyl halides is 3. The Morgan fingerprint density at radius 3 is 2.26 bits per heavy atom. The Labute approximate surface area is 201 Å². The summed E-state index contributed by atoms with van der Waals surface area (Å²) < 4.78 is 40.2. The van der Waals surface area contributed by atoms with Gasteiger partial charge in [0.1, 0.15) is 5.41 Å². The molecule has 2 atom stereocenters. The van der Waals surface area contributed by atoms with Crippen molar-refractivity contribution in [2.45, 2.75) is 24.1 Å². The Bertz CT molecular complexity index is 1310. The van der Waals surface area contributed by atoms with E-state index in [1.54, 1.807) is 0 Å². The van der Waals surface area contributed by atoms with Crippen molar-refractivity contribution in [2.24, 2.45) is 0 Å². The molecule has 1 saturated heterocycles. The highest BCUT2D eigenvalue weighted by Gasteiger charge is 2.59. The van der Waals surface area contributed by atoms with E-state index in [1.165, 1.54) is 42.5 Å². The number of non-ortho nitro benzene ring substituents is 1. The van der Waals surface area contributed by atoms with E-state index in [2.05, 4.69) is 0 Å². The number of amides is 1. The van der Waals surface area contributed by atoms with Gasteiger partial charge in [0.25, 0.3) is 5.69 Å². The molecular formula is C24H16ClF3N2O5. The summed E-state index contributed by atoms with van der Waals surface area (Å²) in [5.74, 6) is -2.13. The van der Waals surface area contributed by atoms with Crippen molar-refractivity contribution < 1.29 is 32.8 Å². The summed E-state index contributed by atoms with van der Waals surface area (Å²) in [7, 11) is 0. The Kier molecular flexibility index (Phi) is 6.02. The van der Waals surface area contributed by atoms with Crippen molar-refractivity contribution in [3.63, 3.8) is 0 Å². The standard InChI is InChI=1S/C24H16ClF3N2O5/c25-17-8-4-14(5-9-17)21-23(22(32)33,15-6-10-18(11-7-15)30(34)35)13-20(31)29(21)19-3-1-2-16(12-19)24(26,27)28/h1-12,21H,13H2,(H,32,33)/t21-,23-/m1/s1. The highest BCUT2D eigenvalue weighted by molar-refractivity contribution is 6.30. The van der Waals surface area contributed by atoms with Gasteiger partial charge in [-0.2, -0.15) is 13.2 Å². The second-order valence-corrected chi connectivity index (χ2v) is 8.46. The van der Waals surface area contributed by atoms with E-state index in [0.717, 1.165) is 35.2 Å². The summed E-state index contributed by atoms with van der Waals surface area (Å²) in [6, 6.07) is 13.5. The van der Waals surface area contributed by atoms with E-state index in [0.29, 0.717) is 10.6 Å². The third kappa shape index (κ3) is 4.21. The quantitative estimate of drug-likeness (QED) is 0.351. The van der Waals surface area contributed by atoms with Crippen LogP contribution < -0.4 is 4.90 Å². The van der Waals surface area contributed by atoms with E-state index in [-0.39, 0.29) is 16.9 Å². The third-order valence-corrected chi connectivity index (χ3v) is 6.29. The molecule has 0 spiro atoms. The second kappa shape index (κ2) is 8.70. The lowest BCUT2D eigenvalue weighted by Gasteiger charge is -2.35. The molecule has 0 radical (unpaired) electrons. The van der Waals surface area contributed by atoms with Crippen LogP contribution in [0.1, 0.15) is 29.2 Å². The number of nitrogens with zero attached hydrogens (tertiary/aromatic N) is 2. The van der Waals surface area contributed by atoms with Gasteiger partial charge in [0.15, 0.2) is 0 Å². The van der Waals surface area contributed by atoms with Gasteiger partial charge in [0, 0.05) is 29.3 Å². The van der Waals surface area contributed by atoms with E-state index < -0.39 is 46.4 Å². The van der Waals surface area contributed by atoms with Crippen molar-refractivity contribution >= 4 is 34.9 Å². The van der Waals surface area contributed by atoms with Gasteiger partial charge >= 0.3 is 12.1 Å². The summed E-state index contributed by atoms with van der Waals surface area (Å²) in [6.07, 6.45) is -5.26. The van der Waals surface area contributed by atoms with E-state index in [1.807, 2.05) is 0 Å². The number of hydrogen-bond donors (Lipinski definition) is 1. The van der Waals surface area contributed by atoms with Gasteiger partial charge in [0.05, 0.1) is 16.5 Å². The van der Waals surface area contributed by atoms with Crippen LogP contribution in [-0.4, -0.2) is 21.9 Å². The van der Waals surface area contributed by atoms with Crippen molar-refractivity contribution in [3.05, 3.63) is 105 Å². The van der Waals surface area contributed by atoms with E-state index >= 15 is 0 Å². The lowest BCUT2D eigenvalue weighted by atomic mass is 9.71. The molecule has 0 aromatic heterocycles. The van der Waals surface area contributed by atoms with Gasteiger partial charge in [-0.1, -0.05) is 41.9 Å².